The van der Waals surface area contributed by atoms with Crippen molar-refractivity contribution in [3.63, 3.8) is 0 Å². The Hall–Kier alpha value is -2.02. The molecule has 180 valence electrons. The van der Waals surface area contributed by atoms with Crippen LogP contribution in [0.15, 0.2) is 36.4 Å². The molecule has 2 aromatic rings. The number of aromatic nitrogens is 1. The van der Waals surface area contributed by atoms with Crippen molar-refractivity contribution in [3.8, 4) is 5.88 Å². The Morgan fingerprint density at radius 1 is 1.12 bits per heavy atom. The summed E-state index contributed by atoms with van der Waals surface area (Å²) in [5, 5.41) is 19.3. The van der Waals surface area contributed by atoms with Crippen molar-refractivity contribution in [1.29, 1.82) is 0 Å². The van der Waals surface area contributed by atoms with Crippen LogP contribution in [0, 0.1) is 5.82 Å². The second-order valence-electron chi connectivity index (χ2n) is 8.72. The van der Waals surface area contributed by atoms with Crippen LogP contribution in [0.5, 0.6) is 5.88 Å². The molecule has 33 heavy (non-hydrogen) atoms. The number of alkyl halides is 3. The number of pyridine rings is 1. The van der Waals surface area contributed by atoms with Gasteiger partial charge in [0.25, 0.3) is 0 Å². The van der Waals surface area contributed by atoms with Gasteiger partial charge in [-0.15, -0.1) is 0 Å². The number of rotatable bonds is 6. The molecule has 1 fully saturated rings. The van der Waals surface area contributed by atoms with Crippen LogP contribution < -0.4 is 15.1 Å². The van der Waals surface area contributed by atoms with Crippen molar-refractivity contribution in [2.75, 3.05) is 24.5 Å². The van der Waals surface area contributed by atoms with E-state index in [1.54, 1.807) is 37.2 Å². The van der Waals surface area contributed by atoms with Gasteiger partial charge in [-0.05, 0) is 50.0 Å². The molecule has 1 saturated heterocycles. The van der Waals surface area contributed by atoms with E-state index in [0.29, 0.717) is 12.3 Å². The smallest absolute Gasteiger partial charge is 0.472 e. The molecular weight excluding hydrogens is 461 g/mol. The first-order valence-corrected chi connectivity index (χ1v) is 11.3. The molecule has 2 N–H and O–H groups in total. The van der Waals surface area contributed by atoms with E-state index in [1.807, 2.05) is 0 Å². The zero-order valence-electron chi connectivity index (χ0n) is 18.5. The molecule has 0 bridgehead atoms. The van der Waals surface area contributed by atoms with Crippen LogP contribution in [0.25, 0.3) is 0 Å². The third kappa shape index (κ3) is 7.23. The fraction of sp³-hybridized carbons (Fsp3) is 0.476. The predicted octanol–water partition coefficient (Wildman–Crippen LogP) is 2.98. The van der Waals surface area contributed by atoms with Crippen molar-refractivity contribution in [1.82, 2.24) is 9.29 Å². The third-order valence-electron chi connectivity index (χ3n) is 4.86. The molecule has 0 saturated carbocycles. The predicted molar refractivity (Wildman–Crippen MR) is 121 cm³/mol. The van der Waals surface area contributed by atoms with E-state index in [1.165, 1.54) is 36.2 Å². The van der Waals surface area contributed by atoms with Gasteiger partial charge in [0.05, 0.1) is 0 Å². The lowest BCUT2D eigenvalue weighted by Crippen LogP contribution is -2.58. The van der Waals surface area contributed by atoms with E-state index in [-0.39, 0.29) is 36.1 Å². The number of hydrogen-bond donors (Lipinski definition) is 2. The van der Waals surface area contributed by atoms with Crippen LogP contribution >= 0.6 is 11.9 Å². The fourth-order valence-electron chi connectivity index (χ4n) is 3.35. The molecule has 3 rings (SSSR count). The zero-order chi connectivity index (χ0) is 24.4. The van der Waals surface area contributed by atoms with Crippen LogP contribution in [0.4, 0.5) is 23.4 Å². The van der Waals surface area contributed by atoms with E-state index in [9.17, 15) is 27.6 Å². The minimum Gasteiger partial charge on any atom is -0.472 e. The Morgan fingerprint density at radius 3 is 2.36 bits per heavy atom. The summed E-state index contributed by atoms with van der Waals surface area (Å²) in [7, 11) is -1.88. The van der Waals surface area contributed by atoms with Crippen LogP contribution in [0.3, 0.4) is 0 Å². The van der Waals surface area contributed by atoms with Crippen molar-refractivity contribution >= 4 is 30.3 Å². The first-order valence-electron chi connectivity index (χ1n) is 10.3. The van der Waals surface area contributed by atoms with Crippen molar-refractivity contribution in [2.45, 2.75) is 44.3 Å². The molecule has 1 aromatic carbocycles. The Kier molecular flexibility index (Phi) is 7.82. The van der Waals surface area contributed by atoms with Gasteiger partial charge in [0.15, 0.2) is 0 Å². The molecule has 1 unspecified atom stereocenters. The number of benzene rings is 1. The Balaban J connectivity index is 1.81. The molecule has 1 aromatic heterocycles. The standard InChI is InChI=1S/C21H26BF4N3O3S/c1-20(2,3)32-19-11-15(22(30)31)10-18(27-19)29-9-8-28(12-17(29)21(24,25)26)33-13-14-4-6-16(23)7-5-14/h4-7,10-11,17,30-31H,8-9,12-13H2,1-3H3. The molecule has 0 spiro atoms. The number of anilines is 1. The molecule has 1 aliphatic rings. The van der Waals surface area contributed by atoms with Gasteiger partial charge in [-0.25, -0.2) is 8.70 Å². The maximum Gasteiger partial charge on any atom is 0.488 e. The summed E-state index contributed by atoms with van der Waals surface area (Å²) in [5.41, 5.74) is 0.124. The molecule has 0 radical (unpaired) electrons. The minimum atomic E-state index is -4.55. The van der Waals surface area contributed by atoms with Crippen LogP contribution in [0.2, 0.25) is 0 Å². The van der Waals surface area contributed by atoms with E-state index in [2.05, 4.69) is 4.98 Å². The maximum absolute atomic E-state index is 14.0. The summed E-state index contributed by atoms with van der Waals surface area (Å²) < 4.78 is 62.4. The Morgan fingerprint density at radius 2 is 1.79 bits per heavy atom. The lowest BCUT2D eigenvalue weighted by atomic mass is 9.81. The lowest BCUT2D eigenvalue weighted by Gasteiger charge is -2.42. The topological polar surface area (TPSA) is 69.1 Å². The summed E-state index contributed by atoms with van der Waals surface area (Å²) in [6.07, 6.45) is -4.55. The van der Waals surface area contributed by atoms with Gasteiger partial charge in [0.2, 0.25) is 5.88 Å². The monoisotopic (exact) mass is 487 g/mol. The second-order valence-corrected chi connectivity index (χ2v) is 9.79. The molecule has 0 amide bonds. The second kappa shape index (κ2) is 10.1. The quantitative estimate of drug-likeness (QED) is 0.369. The van der Waals surface area contributed by atoms with Gasteiger partial charge < -0.3 is 19.7 Å². The van der Waals surface area contributed by atoms with Crippen LogP contribution in [0.1, 0.15) is 26.3 Å². The number of ether oxygens (including phenoxy) is 1. The van der Waals surface area contributed by atoms with Crippen LogP contribution in [-0.2, 0) is 5.75 Å². The number of piperazine rings is 1. The number of hydrogen-bond acceptors (Lipinski definition) is 7. The highest BCUT2D eigenvalue weighted by molar-refractivity contribution is 7.96. The van der Waals surface area contributed by atoms with Gasteiger partial charge in [-0.3, -0.25) is 0 Å². The molecular formula is C21H26BF4N3O3S. The molecule has 0 aliphatic carbocycles. The largest absolute Gasteiger partial charge is 0.488 e. The highest BCUT2D eigenvalue weighted by Gasteiger charge is 2.47. The van der Waals surface area contributed by atoms with Gasteiger partial charge >= 0.3 is 13.3 Å². The van der Waals surface area contributed by atoms with Crippen molar-refractivity contribution in [2.24, 2.45) is 0 Å². The van der Waals surface area contributed by atoms with Gasteiger partial charge in [0, 0.05) is 31.5 Å². The highest BCUT2D eigenvalue weighted by atomic mass is 32.2. The van der Waals surface area contributed by atoms with E-state index < -0.39 is 24.9 Å². The summed E-state index contributed by atoms with van der Waals surface area (Å²) in [6.45, 7) is 5.30. The van der Waals surface area contributed by atoms with Crippen molar-refractivity contribution in [3.05, 3.63) is 47.8 Å². The summed E-state index contributed by atoms with van der Waals surface area (Å²) in [5.74, 6) is 0.0216. The normalized spacial score (nSPS) is 17.8. The van der Waals surface area contributed by atoms with E-state index in [0.717, 1.165) is 10.5 Å². The molecule has 1 aliphatic heterocycles. The Labute approximate surface area is 194 Å². The summed E-state index contributed by atoms with van der Waals surface area (Å²) in [6, 6.07) is 6.53. The summed E-state index contributed by atoms with van der Waals surface area (Å²) >= 11 is 1.25. The van der Waals surface area contributed by atoms with Gasteiger partial charge in [-0.1, -0.05) is 24.1 Å². The average molecular weight is 487 g/mol. The van der Waals surface area contributed by atoms with Gasteiger partial charge in [0.1, 0.15) is 23.3 Å². The Bertz CT molecular complexity index is 942. The lowest BCUT2D eigenvalue weighted by molar-refractivity contribution is -0.153. The van der Waals surface area contributed by atoms with E-state index >= 15 is 0 Å². The summed E-state index contributed by atoms with van der Waals surface area (Å²) in [4.78, 5) is 5.36. The minimum absolute atomic E-state index is 0.00621. The first kappa shape index (κ1) is 25.6. The molecule has 2 heterocycles. The van der Waals surface area contributed by atoms with Crippen molar-refractivity contribution < 1.29 is 32.3 Å². The molecule has 1 atom stereocenters. The molecule has 6 nitrogen and oxygen atoms in total. The third-order valence-corrected chi connectivity index (χ3v) is 6.02. The highest BCUT2D eigenvalue weighted by Crippen LogP contribution is 2.34. The number of halogens is 4. The number of nitrogens with zero attached hydrogens (tertiary/aromatic N) is 3. The molecule has 12 heteroatoms. The van der Waals surface area contributed by atoms with Crippen LogP contribution in [-0.4, -0.2) is 63.9 Å². The SMILES string of the molecule is CC(C)(C)Oc1cc(B(O)O)cc(N2CCN(SCc3ccc(F)cc3)CC2C(F)(F)F)n1. The average Bonchev–Trinajstić information content (AvgIpc) is 2.71. The van der Waals surface area contributed by atoms with E-state index in [4.69, 9.17) is 4.74 Å². The van der Waals surface area contributed by atoms with Gasteiger partial charge in [-0.2, -0.15) is 18.2 Å². The first-order chi connectivity index (χ1) is 15.3. The fourth-order valence-corrected chi connectivity index (χ4v) is 4.33. The zero-order valence-corrected chi connectivity index (χ0v) is 19.3. The maximum atomic E-state index is 14.0.